The van der Waals surface area contributed by atoms with Gasteiger partial charge >= 0.3 is 0 Å². The molecule has 0 aromatic carbocycles. The van der Waals surface area contributed by atoms with Crippen molar-refractivity contribution >= 4 is 8.32 Å². The van der Waals surface area contributed by atoms with Gasteiger partial charge in [-0.05, 0) is 55.3 Å². The molecule has 0 saturated heterocycles. The van der Waals surface area contributed by atoms with E-state index in [1.807, 2.05) is 0 Å². The van der Waals surface area contributed by atoms with Crippen molar-refractivity contribution in [1.82, 2.24) is 0 Å². The first kappa shape index (κ1) is 15.9. The first-order valence-electron chi connectivity index (χ1n) is 7.19. The van der Waals surface area contributed by atoms with Gasteiger partial charge in [0, 0.05) is 6.61 Å². The molecule has 1 N–H and O–H groups in total. The molecule has 106 valence electrons. The molecule has 1 unspecified atom stereocenters. The van der Waals surface area contributed by atoms with E-state index in [0.717, 1.165) is 25.9 Å². The van der Waals surface area contributed by atoms with Crippen LogP contribution >= 0.6 is 0 Å². The number of allylic oxidation sites excluding steroid dienone is 1. The molecule has 1 rings (SSSR count). The van der Waals surface area contributed by atoms with Crippen molar-refractivity contribution in [2.24, 2.45) is 5.92 Å². The van der Waals surface area contributed by atoms with E-state index in [-0.39, 0.29) is 5.04 Å². The maximum atomic E-state index is 9.03. The zero-order valence-electron chi connectivity index (χ0n) is 12.8. The summed E-state index contributed by atoms with van der Waals surface area (Å²) in [6.45, 7) is 12.6. The molecule has 0 heterocycles. The van der Waals surface area contributed by atoms with Crippen LogP contribution in [-0.4, -0.2) is 26.6 Å². The lowest BCUT2D eigenvalue weighted by Gasteiger charge is -2.37. The zero-order valence-corrected chi connectivity index (χ0v) is 13.8. The molecule has 1 atom stereocenters. The fraction of sp³-hybridized carbons (Fsp3) is 0.867. The van der Waals surface area contributed by atoms with Crippen LogP contribution in [0.2, 0.25) is 18.1 Å². The van der Waals surface area contributed by atoms with E-state index in [1.54, 1.807) is 0 Å². The summed E-state index contributed by atoms with van der Waals surface area (Å²) in [7, 11) is -1.62. The molecule has 0 aliphatic heterocycles. The number of aliphatic hydroxyl groups is 1. The Kier molecular flexibility index (Phi) is 5.62. The Morgan fingerprint density at radius 2 is 2.06 bits per heavy atom. The van der Waals surface area contributed by atoms with E-state index < -0.39 is 8.32 Å². The molecule has 0 amide bonds. The topological polar surface area (TPSA) is 29.5 Å². The largest absolute Gasteiger partial charge is 0.413 e. The van der Waals surface area contributed by atoms with Crippen LogP contribution in [0.15, 0.2) is 11.6 Å². The number of hydrogen-bond donors (Lipinski definition) is 1. The van der Waals surface area contributed by atoms with Crippen LogP contribution in [0, 0.1) is 5.92 Å². The lowest BCUT2D eigenvalue weighted by Crippen LogP contribution is -2.41. The molecule has 2 nitrogen and oxygen atoms in total. The predicted molar refractivity (Wildman–Crippen MR) is 80.3 cm³/mol. The second-order valence-electron chi connectivity index (χ2n) is 7.07. The summed E-state index contributed by atoms with van der Waals surface area (Å²) in [5.74, 6) is 0.665. The van der Waals surface area contributed by atoms with Crippen molar-refractivity contribution in [3.8, 4) is 0 Å². The lowest BCUT2D eigenvalue weighted by molar-refractivity contribution is 0.242. The third-order valence-corrected chi connectivity index (χ3v) is 9.00. The fourth-order valence-electron chi connectivity index (χ4n) is 2.12. The van der Waals surface area contributed by atoms with Crippen LogP contribution in [0.4, 0.5) is 0 Å². The maximum Gasteiger partial charge on any atom is 0.192 e. The average molecular weight is 270 g/mol. The van der Waals surface area contributed by atoms with Crippen LogP contribution in [0.3, 0.4) is 0 Å². The van der Waals surface area contributed by atoms with E-state index in [0.29, 0.717) is 12.5 Å². The highest BCUT2D eigenvalue weighted by Crippen LogP contribution is 2.37. The quantitative estimate of drug-likeness (QED) is 0.601. The Morgan fingerprint density at radius 3 is 2.61 bits per heavy atom. The van der Waals surface area contributed by atoms with Crippen molar-refractivity contribution < 1.29 is 9.53 Å². The summed E-state index contributed by atoms with van der Waals surface area (Å²) in [5.41, 5.74) is 1.45. The summed E-state index contributed by atoms with van der Waals surface area (Å²) in [6.07, 6.45) is 6.79. The molecule has 0 bridgehead atoms. The fourth-order valence-corrected chi connectivity index (χ4v) is 3.10. The van der Waals surface area contributed by atoms with E-state index in [9.17, 15) is 0 Å². The predicted octanol–water partition coefficient (Wildman–Crippen LogP) is 4.12. The van der Waals surface area contributed by atoms with Gasteiger partial charge in [-0.2, -0.15) is 0 Å². The average Bonchev–Trinajstić information content (AvgIpc) is 2.26. The van der Waals surface area contributed by atoms with Crippen LogP contribution in [0.5, 0.6) is 0 Å². The molecule has 18 heavy (non-hydrogen) atoms. The minimum absolute atomic E-state index is 0.284. The summed E-state index contributed by atoms with van der Waals surface area (Å²) in [5, 5.41) is 9.31. The van der Waals surface area contributed by atoms with E-state index in [2.05, 4.69) is 39.9 Å². The highest BCUT2D eigenvalue weighted by Gasteiger charge is 2.37. The van der Waals surface area contributed by atoms with Crippen molar-refractivity contribution in [3.63, 3.8) is 0 Å². The molecule has 0 aromatic rings. The molecule has 0 spiro atoms. The number of hydrogen-bond acceptors (Lipinski definition) is 2. The van der Waals surface area contributed by atoms with Gasteiger partial charge in [-0.15, -0.1) is 0 Å². The van der Waals surface area contributed by atoms with E-state index in [4.69, 9.17) is 9.53 Å². The summed E-state index contributed by atoms with van der Waals surface area (Å²) < 4.78 is 6.27. The van der Waals surface area contributed by atoms with Gasteiger partial charge in [-0.3, -0.25) is 0 Å². The van der Waals surface area contributed by atoms with Crippen molar-refractivity contribution in [2.75, 3.05) is 13.2 Å². The Morgan fingerprint density at radius 1 is 1.39 bits per heavy atom. The van der Waals surface area contributed by atoms with Crippen LogP contribution in [0.25, 0.3) is 0 Å². The molecule has 0 fully saturated rings. The zero-order chi connectivity index (χ0) is 13.8. The standard InChI is InChI=1S/C15H30O2Si/c1-15(2,3)18(4,5)17-12-14-8-6-7-13(11-14)9-10-16/h8,13,16H,6-7,9-12H2,1-5H3. The van der Waals surface area contributed by atoms with Gasteiger partial charge in [-0.1, -0.05) is 26.8 Å². The van der Waals surface area contributed by atoms with Gasteiger partial charge in [-0.25, -0.2) is 0 Å². The second kappa shape index (κ2) is 6.35. The molecular weight excluding hydrogens is 240 g/mol. The van der Waals surface area contributed by atoms with Gasteiger partial charge < -0.3 is 9.53 Å². The van der Waals surface area contributed by atoms with Crippen LogP contribution in [-0.2, 0) is 4.43 Å². The third-order valence-electron chi connectivity index (χ3n) is 4.52. The minimum Gasteiger partial charge on any atom is -0.413 e. The van der Waals surface area contributed by atoms with Gasteiger partial charge in [0.25, 0.3) is 0 Å². The number of aliphatic hydroxyl groups excluding tert-OH is 1. The molecule has 0 saturated carbocycles. The van der Waals surface area contributed by atoms with Gasteiger partial charge in [0.05, 0.1) is 6.61 Å². The minimum atomic E-state index is -1.62. The summed E-state index contributed by atoms with van der Waals surface area (Å²) in [6, 6.07) is 0. The Labute approximate surface area is 114 Å². The second-order valence-corrected chi connectivity index (χ2v) is 11.9. The van der Waals surface area contributed by atoms with Gasteiger partial charge in [0.2, 0.25) is 0 Å². The molecule has 0 radical (unpaired) electrons. The van der Waals surface area contributed by atoms with Gasteiger partial charge in [0.1, 0.15) is 0 Å². The molecule has 1 aliphatic rings. The lowest BCUT2D eigenvalue weighted by atomic mass is 9.87. The highest BCUT2D eigenvalue weighted by atomic mass is 28.4. The SMILES string of the molecule is CC(C)(C)[Si](C)(C)OCC1=CCCC(CCO)C1. The van der Waals surface area contributed by atoms with Crippen molar-refractivity contribution in [1.29, 1.82) is 0 Å². The molecule has 1 aliphatic carbocycles. The first-order valence-corrected chi connectivity index (χ1v) is 10.1. The summed E-state index contributed by atoms with van der Waals surface area (Å²) in [4.78, 5) is 0. The Balaban J connectivity index is 2.47. The smallest absolute Gasteiger partial charge is 0.192 e. The van der Waals surface area contributed by atoms with Crippen LogP contribution < -0.4 is 0 Å². The van der Waals surface area contributed by atoms with Crippen LogP contribution in [0.1, 0.15) is 46.5 Å². The maximum absolute atomic E-state index is 9.03. The molecular formula is C15H30O2Si. The summed E-state index contributed by atoms with van der Waals surface area (Å²) >= 11 is 0. The van der Waals surface area contributed by atoms with E-state index >= 15 is 0 Å². The third kappa shape index (κ3) is 4.52. The van der Waals surface area contributed by atoms with Gasteiger partial charge in [0.15, 0.2) is 8.32 Å². The normalized spacial score (nSPS) is 21.9. The first-order chi connectivity index (χ1) is 8.26. The van der Waals surface area contributed by atoms with Crippen molar-refractivity contribution in [2.45, 2.75) is 64.6 Å². The monoisotopic (exact) mass is 270 g/mol. The Bertz CT molecular complexity index is 289. The molecule has 0 aromatic heterocycles. The number of rotatable bonds is 5. The van der Waals surface area contributed by atoms with Crippen molar-refractivity contribution in [3.05, 3.63) is 11.6 Å². The highest BCUT2D eigenvalue weighted by molar-refractivity contribution is 6.74. The molecule has 3 heteroatoms. The Hall–Kier alpha value is -0.123. The van der Waals surface area contributed by atoms with E-state index in [1.165, 1.54) is 12.0 Å².